The molecule has 0 saturated carbocycles. The summed E-state index contributed by atoms with van der Waals surface area (Å²) in [6, 6.07) is 1.96. The summed E-state index contributed by atoms with van der Waals surface area (Å²) in [4.78, 5) is 20.3. The van der Waals surface area contributed by atoms with Gasteiger partial charge in [-0.05, 0) is 13.1 Å². The summed E-state index contributed by atoms with van der Waals surface area (Å²) in [5.74, 6) is -0.494. The van der Waals surface area contributed by atoms with E-state index in [2.05, 4.69) is 32.0 Å². The lowest BCUT2D eigenvalue weighted by Crippen LogP contribution is -2.44. The number of pyridine rings is 1. The van der Waals surface area contributed by atoms with E-state index < -0.39 is 5.91 Å². The zero-order valence-corrected chi connectivity index (χ0v) is 11.9. The Morgan fingerprint density at radius 3 is 2.76 bits per heavy atom. The second-order valence-corrected chi connectivity index (χ2v) is 5.21. The number of amides is 1. The molecule has 2 aromatic heterocycles. The van der Waals surface area contributed by atoms with Gasteiger partial charge in [-0.1, -0.05) is 0 Å². The molecule has 2 aromatic rings. The maximum absolute atomic E-state index is 11.5. The summed E-state index contributed by atoms with van der Waals surface area (Å²) in [6.07, 6.45) is 4.96. The highest BCUT2D eigenvalue weighted by molar-refractivity contribution is 6.00. The molecule has 0 spiro atoms. The van der Waals surface area contributed by atoms with Crippen LogP contribution >= 0.6 is 0 Å². The van der Waals surface area contributed by atoms with Gasteiger partial charge in [-0.15, -0.1) is 0 Å². The Kier molecular flexibility index (Phi) is 3.57. The molecule has 0 atom stereocenters. The fourth-order valence-electron chi connectivity index (χ4n) is 2.58. The molecule has 0 aliphatic carbocycles. The second kappa shape index (κ2) is 5.53. The number of nitrogens with zero attached hydrogens (tertiary/aromatic N) is 4. The predicted octanol–water partition coefficient (Wildman–Crippen LogP) is 0.322. The third-order valence-corrected chi connectivity index (χ3v) is 3.82. The Labute approximate surface area is 122 Å². The van der Waals surface area contributed by atoms with Crippen molar-refractivity contribution >= 4 is 11.6 Å². The highest BCUT2D eigenvalue weighted by atomic mass is 16.1. The van der Waals surface area contributed by atoms with Gasteiger partial charge in [0.05, 0.1) is 17.5 Å². The van der Waals surface area contributed by atoms with Crippen LogP contribution in [-0.4, -0.2) is 59.2 Å². The molecule has 1 saturated heterocycles. The standard InChI is InChI=1S/C14H18N6O/c1-19-4-6-20(7-5-19)12-2-3-16-8-10(12)13-11(14(15)21)9-17-18-13/h2-3,8-9H,4-7H2,1H3,(H2,15,21)(H,17,18). The predicted molar refractivity (Wildman–Crippen MR) is 80.0 cm³/mol. The van der Waals surface area contributed by atoms with E-state index in [1.165, 1.54) is 6.20 Å². The van der Waals surface area contributed by atoms with Crippen LogP contribution in [0.1, 0.15) is 10.4 Å². The van der Waals surface area contributed by atoms with E-state index in [1.807, 2.05) is 6.07 Å². The molecule has 3 heterocycles. The van der Waals surface area contributed by atoms with Crippen molar-refractivity contribution in [2.45, 2.75) is 0 Å². The third kappa shape index (κ3) is 2.59. The molecule has 1 fully saturated rings. The molecule has 0 bridgehead atoms. The minimum atomic E-state index is -0.494. The van der Waals surface area contributed by atoms with Gasteiger partial charge in [0, 0.05) is 49.8 Å². The Morgan fingerprint density at radius 1 is 1.29 bits per heavy atom. The average Bonchev–Trinajstić information content (AvgIpc) is 2.98. The number of carbonyl (C=O) groups excluding carboxylic acids is 1. The lowest BCUT2D eigenvalue weighted by Gasteiger charge is -2.35. The first kappa shape index (κ1) is 13.6. The van der Waals surface area contributed by atoms with Crippen molar-refractivity contribution in [1.82, 2.24) is 20.1 Å². The Bertz CT molecular complexity index is 644. The van der Waals surface area contributed by atoms with Crippen molar-refractivity contribution in [2.75, 3.05) is 38.1 Å². The van der Waals surface area contributed by atoms with Crippen LogP contribution in [0.2, 0.25) is 0 Å². The molecule has 1 aliphatic rings. The largest absolute Gasteiger partial charge is 0.368 e. The second-order valence-electron chi connectivity index (χ2n) is 5.21. The molecule has 7 nitrogen and oxygen atoms in total. The number of likely N-dealkylation sites (N-methyl/N-ethyl adjacent to an activating group) is 1. The first-order chi connectivity index (χ1) is 10.2. The average molecular weight is 286 g/mol. The van der Waals surface area contributed by atoms with Gasteiger partial charge in [-0.3, -0.25) is 14.9 Å². The molecule has 1 amide bonds. The minimum Gasteiger partial charge on any atom is -0.368 e. The molecule has 110 valence electrons. The lowest BCUT2D eigenvalue weighted by atomic mass is 10.1. The Morgan fingerprint density at radius 2 is 2.05 bits per heavy atom. The van der Waals surface area contributed by atoms with E-state index in [9.17, 15) is 4.79 Å². The highest BCUT2D eigenvalue weighted by Gasteiger charge is 2.21. The maximum Gasteiger partial charge on any atom is 0.252 e. The van der Waals surface area contributed by atoms with Crippen LogP contribution in [0.5, 0.6) is 0 Å². The highest BCUT2D eigenvalue weighted by Crippen LogP contribution is 2.31. The van der Waals surface area contributed by atoms with E-state index in [0.717, 1.165) is 37.4 Å². The summed E-state index contributed by atoms with van der Waals surface area (Å²) in [6.45, 7) is 3.89. The van der Waals surface area contributed by atoms with Gasteiger partial charge in [-0.25, -0.2) is 0 Å². The van der Waals surface area contributed by atoms with Crippen LogP contribution in [0, 0.1) is 0 Å². The first-order valence-corrected chi connectivity index (χ1v) is 6.88. The number of hydrogen-bond acceptors (Lipinski definition) is 5. The number of H-pyrrole nitrogens is 1. The van der Waals surface area contributed by atoms with Crippen molar-refractivity contribution in [3.63, 3.8) is 0 Å². The molecule has 0 unspecified atom stereocenters. The molecule has 3 rings (SSSR count). The number of primary amides is 1. The summed E-state index contributed by atoms with van der Waals surface area (Å²) >= 11 is 0. The molecular weight excluding hydrogens is 268 g/mol. The van der Waals surface area contributed by atoms with Crippen LogP contribution in [0.25, 0.3) is 11.3 Å². The van der Waals surface area contributed by atoms with Crippen LogP contribution in [0.15, 0.2) is 24.7 Å². The number of rotatable bonds is 3. The van der Waals surface area contributed by atoms with Gasteiger partial charge in [0.15, 0.2) is 0 Å². The van der Waals surface area contributed by atoms with Gasteiger partial charge in [0.1, 0.15) is 0 Å². The van der Waals surface area contributed by atoms with Crippen LogP contribution < -0.4 is 10.6 Å². The molecular formula is C14H18N6O. The third-order valence-electron chi connectivity index (χ3n) is 3.82. The first-order valence-electron chi connectivity index (χ1n) is 6.88. The monoisotopic (exact) mass is 286 g/mol. The van der Waals surface area contributed by atoms with Crippen LogP contribution in [0.3, 0.4) is 0 Å². The zero-order valence-electron chi connectivity index (χ0n) is 11.9. The van der Waals surface area contributed by atoms with Gasteiger partial charge in [0.25, 0.3) is 5.91 Å². The number of nitrogens with two attached hydrogens (primary N) is 1. The van der Waals surface area contributed by atoms with E-state index in [-0.39, 0.29) is 0 Å². The van der Waals surface area contributed by atoms with E-state index >= 15 is 0 Å². The van der Waals surface area contributed by atoms with E-state index in [4.69, 9.17) is 5.73 Å². The van der Waals surface area contributed by atoms with Crippen molar-refractivity contribution < 1.29 is 4.79 Å². The smallest absolute Gasteiger partial charge is 0.252 e. The quantitative estimate of drug-likeness (QED) is 0.848. The lowest BCUT2D eigenvalue weighted by molar-refractivity contribution is 0.100. The zero-order chi connectivity index (χ0) is 14.8. The van der Waals surface area contributed by atoms with E-state index in [1.54, 1.807) is 12.4 Å². The van der Waals surface area contributed by atoms with Gasteiger partial charge in [0.2, 0.25) is 0 Å². The van der Waals surface area contributed by atoms with Crippen molar-refractivity contribution in [3.05, 3.63) is 30.2 Å². The fourth-order valence-corrected chi connectivity index (χ4v) is 2.58. The maximum atomic E-state index is 11.5. The number of carbonyl (C=O) groups is 1. The van der Waals surface area contributed by atoms with Gasteiger partial charge in [-0.2, -0.15) is 5.10 Å². The number of anilines is 1. The summed E-state index contributed by atoms with van der Waals surface area (Å²) in [7, 11) is 2.12. The van der Waals surface area contributed by atoms with Crippen molar-refractivity contribution in [1.29, 1.82) is 0 Å². The van der Waals surface area contributed by atoms with Gasteiger partial charge >= 0.3 is 0 Å². The number of piperazine rings is 1. The molecule has 0 aromatic carbocycles. The number of aromatic amines is 1. The molecule has 3 N–H and O–H groups in total. The number of nitrogens with one attached hydrogen (secondary N) is 1. The fraction of sp³-hybridized carbons (Fsp3) is 0.357. The van der Waals surface area contributed by atoms with Crippen molar-refractivity contribution in [2.24, 2.45) is 5.73 Å². The molecule has 0 radical (unpaired) electrons. The Hall–Kier alpha value is -2.41. The summed E-state index contributed by atoms with van der Waals surface area (Å²) < 4.78 is 0. The van der Waals surface area contributed by atoms with Crippen molar-refractivity contribution in [3.8, 4) is 11.3 Å². The van der Waals surface area contributed by atoms with E-state index in [0.29, 0.717) is 11.3 Å². The topological polar surface area (TPSA) is 91.1 Å². The van der Waals surface area contributed by atoms with Crippen LogP contribution in [-0.2, 0) is 0 Å². The number of aromatic nitrogens is 3. The number of hydrogen-bond donors (Lipinski definition) is 2. The normalized spacial score (nSPS) is 16.1. The molecule has 21 heavy (non-hydrogen) atoms. The minimum absolute atomic E-state index is 0.387. The summed E-state index contributed by atoms with van der Waals surface area (Å²) in [5.41, 5.74) is 8.32. The summed E-state index contributed by atoms with van der Waals surface area (Å²) in [5, 5.41) is 6.80. The van der Waals surface area contributed by atoms with Gasteiger partial charge < -0.3 is 15.5 Å². The SMILES string of the molecule is CN1CCN(c2ccncc2-c2[nH]ncc2C(N)=O)CC1. The molecule has 7 heteroatoms. The molecule has 1 aliphatic heterocycles. The Balaban J connectivity index is 2.00. The van der Waals surface area contributed by atoms with Crippen LogP contribution in [0.4, 0.5) is 5.69 Å².